The van der Waals surface area contributed by atoms with Gasteiger partial charge in [0.1, 0.15) is 0 Å². The first kappa shape index (κ1) is 40.4. The molecule has 0 unspecified atom stereocenters. The SMILES string of the molecule is CC.CC.CC.CC.CCO.C[C-](C)C(C)(C)Sc1ccccc1.[Y]. The molecule has 1 aromatic rings. The summed E-state index contributed by atoms with van der Waals surface area (Å²) < 4.78 is 0.237. The van der Waals surface area contributed by atoms with Crippen molar-refractivity contribution in [3.05, 3.63) is 36.2 Å². The minimum Gasteiger partial charge on any atom is -0.397 e. The molecule has 1 rings (SSSR count). The smallest absolute Gasteiger partial charge is 0.0402 e. The largest absolute Gasteiger partial charge is 0.397 e. The van der Waals surface area contributed by atoms with Gasteiger partial charge in [0.05, 0.1) is 0 Å². The molecule has 0 saturated carbocycles. The van der Waals surface area contributed by atoms with Crippen molar-refractivity contribution in [1.29, 1.82) is 0 Å². The Morgan fingerprint density at radius 3 is 1.36 bits per heavy atom. The Balaban J connectivity index is -0.0000000640. The fraction of sp³-hybridized carbons (Fsp3) is 0.682. The first-order valence-electron chi connectivity index (χ1n) is 9.59. The Kier molecular flexibility index (Phi) is 57.6. The van der Waals surface area contributed by atoms with Gasteiger partial charge in [-0.05, 0) is 19.1 Å². The third kappa shape index (κ3) is 32.7. The molecular formula is C22H47OSY-. The number of hydrogen-bond acceptors (Lipinski definition) is 2. The molecule has 0 saturated heterocycles. The molecule has 0 aliphatic heterocycles. The first-order valence-corrected chi connectivity index (χ1v) is 10.4. The van der Waals surface area contributed by atoms with Crippen LogP contribution in [0.2, 0.25) is 0 Å². The third-order valence-corrected chi connectivity index (χ3v) is 3.75. The van der Waals surface area contributed by atoms with Gasteiger partial charge in [0.25, 0.3) is 0 Å². The minimum atomic E-state index is 0. The summed E-state index contributed by atoms with van der Waals surface area (Å²) in [6.07, 6.45) is 0. The fourth-order valence-corrected chi connectivity index (χ4v) is 1.97. The van der Waals surface area contributed by atoms with E-state index < -0.39 is 0 Å². The Morgan fingerprint density at radius 2 is 1.12 bits per heavy atom. The minimum absolute atomic E-state index is 0. The third-order valence-electron chi connectivity index (χ3n) is 2.32. The first-order chi connectivity index (χ1) is 11.4. The van der Waals surface area contributed by atoms with Crippen LogP contribution in [0.25, 0.3) is 0 Å². The van der Waals surface area contributed by atoms with Crippen LogP contribution < -0.4 is 0 Å². The average molecular weight is 449 g/mol. The molecule has 0 heterocycles. The zero-order valence-corrected chi connectivity index (χ0v) is 23.2. The van der Waals surface area contributed by atoms with Crippen molar-refractivity contribution in [3.63, 3.8) is 0 Å². The van der Waals surface area contributed by atoms with Gasteiger partial charge in [0.2, 0.25) is 0 Å². The van der Waals surface area contributed by atoms with E-state index in [9.17, 15) is 0 Å². The molecule has 0 aromatic heterocycles. The van der Waals surface area contributed by atoms with Crippen LogP contribution in [0, 0.1) is 5.92 Å². The summed E-state index contributed by atoms with van der Waals surface area (Å²) in [5.74, 6) is 1.46. The van der Waals surface area contributed by atoms with Gasteiger partial charge in [0, 0.05) is 44.2 Å². The second kappa shape index (κ2) is 35.7. The molecule has 1 radical (unpaired) electrons. The number of aliphatic hydroxyl groups excluding tert-OH is 1. The van der Waals surface area contributed by atoms with Gasteiger partial charge >= 0.3 is 0 Å². The summed E-state index contributed by atoms with van der Waals surface area (Å²) in [6, 6.07) is 10.6. The Morgan fingerprint density at radius 1 is 0.840 bits per heavy atom. The van der Waals surface area contributed by atoms with Gasteiger partial charge in [-0.3, -0.25) is 0 Å². The van der Waals surface area contributed by atoms with E-state index >= 15 is 0 Å². The summed E-state index contributed by atoms with van der Waals surface area (Å²) in [5, 5.41) is 7.57. The summed E-state index contributed by atoms with van der Waals surface area (Å²) in [7, 11) is 0. The molecule has 25 heavy (non-hydrogen) atoms. The van der Waals surface area contributed by atoms with Gasteiger partial charge in [0.15, 0.2) is 0 Å². The summed E-state index contributed by atoms with van der Waals surface area (Å²) in [5.41, 5.74) is 0. The molecule has 0 fully saturated rings. The van der Waals surface area contributed by atoms with Crippen molar-refractivity contribution in [2.45, 2.75) is 99.7 Å². The van der Waals surface area contributed by atoms with E-state index in [-0.39, 0.29) is 44.1 Å². The number of aliphatic hydroxyl groups is 1. The topological polar surface area (TPSA) is 20.2 Å². The Bertz CT molecular complexity index is 275. The molecule has 0 aliphatic carbocycles. The standard InChI is InChI=1S/C12H17S.C2H6O.4C2H6.Y/c1-10(2)12(3,4)13-11-8-6-5-7-9-11;1-2-3;4*1-2;/h5-9H,1-4H3;3H,2H2,1H3;4*1-2H3;/q-1;;;;;;. The average Bonchev–Trinajstić information content (AvgIpc) is 2.63. The van der Waals surface area contributed by atoms with Gasteiger partial charge in [-0.1, -0.05) is 87.4 Å². The quantitative estimate of drug-likeness (QED) is 0.371. The fourth-order valence-electron chi connectivity index (χ4n) is 0.885. The van der Waals surface area contributed by atoms with Crippen molar-refractivity contribution in [2.75, 3.05) is 6.61 Å². The normalized spacial score (nSPS) is 7.96. The van der Waals surface area contributed by atoms with Crippen molar-refractivity contribution in [2.24, 2.45) is 0 Å². The number of benzene rings is 1. The van der Waals surface area contributed by atoms with Crippen molar-refractivity contribution in [3.8, 4) is 0 Å². The molecule has 0 bridgehead atoms. The van der Waals surface area contributed by atoms with Crippen LogP contribution in [0.3, 0.4) is 0 Å². The van der Waals surface area contributed by atoms with Gasteiger partial charge in [-0.2, -0.15) is 25.6 Å². The molecule has 1 nitrogen and oxygen atoms in total. The molecular weight excluding hydrogens is 401 g/mol. The van der Waals surface area contributed by atoms with Crippen molar-refractivity contribution < 1.29 is 37.8 Å². The predicted molar refractivity (Wildman–Crippen MR) is 119 cm³/mol. The Hall–Kier alpha value is 0.634. The van der Waals surface area contributed by atoms with Crippen LogP contribution in [-0.4, -0.2) is 16.5 Å². The number of thioether (sulfide) groups is 1. The summed E-state index contributed by atoms with van der Waals surface area (Å²) in [4.78, 5) is 1.34. The number of rotatable bonds is 3. The second-order valence-electron chi connectivity index (χ2n) is 4.24. The molecule has 0 spiro atoms. The van der Waals surface area contributed by atoms with Crippen molar-refractivity contribution >= 4 is 11.8 Å². The zero-order valence-electron chi connectivity index (χ0n) is 19.5. The van der Waals surface area contributed by atoms with Crippen LogP contribution in [-0.2, 0) is 32.7 Å². The van der Waals surface area contributed by atoms with Crippen LogP contribution in [0.5, 0.6) is 0 Å². The van der Waals surface area contributed by atoms with Gasteiger partial charge in [-0.25, -0.2) is 0 Å². The monoisotopic (exact) mass is 448 g/mol. The van der Waals surface area contributed by atoms with E-state index in [2.05, 4.69) is 58.0 Å². The van der Waals surface area contributed by atoms with E-state index in [4.69, 9.17) is 5.11 Å². The second-order valence-corrected chi connectivity index (χ2v) is 5.94. The zero-order chi connectivity index (χ0) is 20.6. The van der Waals surface area contributed by atoms with E-state index in [1.807, 2.05) is 67.2 Å². The van der Waals surface area contributed by atoms with Gasteiger partial charge < -0.3 is 11.0 Å². The summed E-state index contributed by atoms with van der Waals surface area (Å²) >= 11 is 1.92. The maximum absolute atomic E-state index is 7.57. The molecule has 0 amide bonds. The molecule has 3 heteroatoms. The maximum Gasteiger partial charge on any atom is 0.0402 e. The molecule has 151 valence electrons. The molecule has 0 aliphatic rings. The van der Waals surface area contributed by atoms with Crippen LogP contribution in [0.15, 0.2) is 35.2 Å². The van der Waals surface area contributed by atoms with E-state index in [1.165, 1.54) is 10.8 Å². The van der Waals surface area contributed by atoms with Crippen LogP contribution in [0.4, 0.5) is 0 Å². The van der Waals surface area contributed by atoms with E-state index in [0.717, 1.165) is 0 Å². The van der Waals surface area contributed by atoms with Gasteiger partial charge in [-0.15, -0.1) is 4.75 Å². The Labute approximate surface area is 191 Å². The van der Waals surface area contributed by atoms with Crippen LogP contribution in [0.1, 0.15) is 90.0 Å². The molecule has 0 atom stereocenters. The maximum atomic E-state index is 7.57. The number of hydrogen-bond donors (Lipinski definition) is 1. The molecule has 1 N–H and O–H groups in total. The predicted octanol–water partition coefficient (Wildman–Crippen LogP) is 8.27. The van der Waals surface area contributed by atoms with Crippen LogP contribution >= 0.6 is 11.8 Å². The van der Waals surface area contributed by atoms with E-state index in [1.54, 1.807) is 6.92 Å². The molecule has 1 aromatic carbocycles. The van der Waals surface area contributed by atoms with E-state index in [0.29, 0.717) is 0 Å². The van der Waals surface area contributed by atoms with Crippen molar-refractivity contribution in [1.82, 2.24) is 0 Å². The summed E-state index contributed by atoms with van der Waals surface area (Å²) in [6.45, 7) is 26.8.